The Hall–Kier alpha value is -2.34. The number of sulfonamides is 1. The van der Waals surface area contributed by atoms with Gasteiger partial charge in [-0.3, -0.25) is 9.10 Å². The molecule has 0 aromatic heterocycles. The summed E-state index contributed by atoms with van der Waals surface area (Å²) in [5.74, 6) is -0.320. The standard InChI is InChI=1S/C22H30N2O3S/c1-7-20(19-12-11-15(2)13-18(19)5)23-21(25)14-24(28(6,26)27)22-16(3)9-8-10-17(22)4/h8-13,20H,7,14H2,1-6H3,(H,23,25)/t20-/m1/s1. The zero-order chi connectivity index (χ0) is 21.1. The van der Waals surface area contributed by atoms with Gasteiger partial charge in [0.2, 0.25) is 15.9 Å². The van der Waals surface area contributed by atoms with Crippen LogP contribution in [0.2, 0.25) is 0 Å². The first-order valence-corrected chi connectivity index (χ1v) is 11.3. The lowest BCUT2D eigenvalue weighted by molar-refractivity contribution is -0.120. The topological polar surface area (TPSA) is 66.5 Å². The van der Waals surface area contributed by atoms with Crippen LogP contribution in [0.4, 0.5) is 5.69 Å². The molecule has 0 bridgehead atoms. The van der Waals surface area contributed by atoms with Crippen LogP contribution in [0, 0.1) is 27.7 Å². The first-order chi connectivity index (χ1) is 13.0. The van der Waals surface area contributed by atoms with E-state index < -0.39 is 10.0 Å². The van der Waals surface area contributed by atoms with Gasteiger partial charge in [-0.25, -0.2) is 8.42 Å². The van der Waals surface area contributed by atoms with E-state index in [-0.39, 0.29) is 18.5 Å². The Kier molecular flexibility index (Phi) is 6.88. The van der Waals surface area contributed by atoms with E-state index in [4.69, 9.17) is 0 Å². The molecule has 28 heavy (non-hydrogen) atoms. The normalized spacial score (nSPS) is 12.5. The van der Waals surface area contributed by atoms with Gasteiger partial charge >= 0.3 is 0 Å². The molecule has 0 aliphatic rings. The van der Waals surface area contributed by atoms with Crippen LogP contribution in [0.1, 0.15) is 47.2 Å². The molecular weight excluding hydrogens is 372 g/mol. The summed E-state index contributed by atoms with van der Waals surface area (Å²) in [4.78, 5) is 12.8. The van der Waals surface area contributed by atoms with E-state index in [1.54, 1.807) is 0 Å². The molecule has 5 nitrogen and oxygen atoms in total. The SMILES string of the molecule is CC[C@@H](NC(=O)CN(c1c(C)cccc1C)S(C)(=O)=O)c1ccc(C)cc1C. The Morgan fingerprint density at radius 3 is 2.14 bits per heavy atom. The number of para-hydroxylation sites is 1. The molecule has 0 radical (unpaired) electrons. The summed E-state index contributed by atoms with van der Waals surface area (Å²) in [5, 5.41) is 3.01. The Balaban J connectivity index is 2.29. The van der Waals surface area contributed by atoms with E-state index in [0.29, 0.717) is 5.69 Å². The predicted molar refractivity (Wildman–Crippen MR) is 115 cm³/mol. The van der Waals surface area contributed by atoms with Crippen LogP contribution in [0.25, 0.3) is 0 Å². The average Bonchev–Trinajstić information content (AvgIpc) is 2.58. The fourth-order valence-corrected chi connectivity index (χ4v) is 4.52. The predicted octanol–water partition coefficient (Wildman–Crippen LogP) is 3.95. The van der Waals surface area contributed by atoms with Crippen molar-refractivity contribution in [1.29, 1.82) is 0 Å². The monoisotopic (exact) mass is 402 g/mol. The van der Waals surface area contributed by atoms with Gasteiger partial charge in [0.1, 0.15) is 6.54 Å². The minimum Gasteiger partial charge on any atom is -0.348 e. The highest BCUT2D eigenvalue weighted by Crippen LogP contribution is 2.27. The second kappa shape index (κ2) is 8.78. The number of hydrogen-bond donors (Lipinski definition) is 1. The molecular formula is C22H30N2O3S. The lowest BCUT2D eigenvalue weighted by Crippen LogP contribution is -2.42. The van der Waals surface area contributed by atoms with Gasteiger partial charge in [0.25, 0.3) is 0 Å². The van der Waals surface area contributed by atoms with Crippen molar-refractivity contribution < 1.29 is 13.2 Å². The Bertz CT molecular complexity index is 947. The molecule has 0 fully saturated rings. The quantitative estimate of drug-likeness (QED) is 0.762. The summed E-state index contributed by atoms with van der Waals surface area (Å²) < 4.78 is 26.1. The van der Waals surface area contributed by atoms with E-state index in [0.717, 1.165) is 34.9 Å². The summed E-state index contributed by atoms with van der Waals surface area (Å²) >= 11 is 0. The van der Waals surface area contributed by atoms with E-state index in [2.05, 4.69) is 11.4 Å². The second-order valence-corrected chi connectivity index (χ2v) is 9.31. The van der Waals surface area contributed by atoms with Crippen LogP contribution in [-0.2, 0) is 14.8 Å². The number of amides is 1. The summed E-state index contributed by atoms with van der Waals surface area (Å²) in [5.41, 5.74) is 5.54. The molecule has 0 heterocycles. The van der Waals surface area contributed by atoms with Crippen LogP contribution in [0.15, 0.2) is 36.4 Å². The van der Waals surface area contributed by atoms with E-state index in [1.165, 1.54) is 9.87 Å². The maximum atomic E-state index is 12.8. The second-order valence-electron chi connectivity index (χ2n) is 7.40. The third kappa shape index (κ3) is 5.13. The molecule has 1 amide bonds. The molecule has 2 rings (SSSR count). The number of hydrogen-bond acceptors (Lipinski definition) is 3. The molecule has 0 saturated carbocycles. The number of aryl methyl sites for hydroxylation is 4. The summed E-state index contributed by atoms with van der Waals surface area (Å²) in [6, 6.07) is 11.6. The van der Waals surface area contributed by atoms with E-state index >= 15 is 0 Å². The first-order valence-electron chi connectivity index (χ1n) is 9.45. The summed E-state index contributed by atoms with van der Waals surface area (Å²) in [6.07, 6.45) is 1.85. The average molecular weight is 403 g/mol. The van der Waals surface area contributed by atoms with Gasteiger partial charge in [0.05, 0.1) is 18.0 Å². The molecule has 1 N–H and O–H groups in total. The van der Waals surface area contributed by atoms with Gasteiger partial charge in [0, 0.05) is 0 Å². The fraction of sp³-hybridized carbons (Fsp3) is 0.409. The molecule has 1 atom stereocenters. The number of rotatable bonds is 7. The fourth-order valence-electron chi connectivity index (χ4n) is 3.55. The molecule has 0 spiro atoms. The number of nitrogens with one attached hydrogen (secondary N) is 1. The van der Waals surface area contributed by atoms with Crippen molar-refractivity contribution in [3.8, 4) is 0 Å². The number of carbonyl (C=O) groups is 1. The number of carbonyl (C=O) groups excluding carboxylic acids is 1. The summed E-state index contributed by atoms with van der Waals surface area (Å²) in [7, 11) is -3.61. The van der Waals surface area contributed by atoms with Crippen LogP contribution in [0.3, 0.4) is 0 Å². The third-order valence-corrected chi connectivity index (χ3v) is 6.03. The zero-order valence-electron chi connectivity index (χ0n) is 17.5. The van der Waals surface area contributed by atoms with Crippen LogP contribution in [-0.4, -0.2) is 27.1 Å². The van der Waals surface area contributed by atoms with Crippen molar-refractivity contribution in [2.24, 2.45) is 0 Å². The van der Waals surface area contributed by atoms with Crippen LogP contribution >= 0.6 is 0 Å². The van der Waals surface area contributed by atoms with Gasteiger partial charge in [-0.2, -0.15) is 0 Å². The van der Waals surface area contributed by atoms with Gasteiger partial charge in [0.15, 0.2) is 0 Å². The van der Waals surface area contributed by atoms with Crippen LogP contribution < -0.4 is 9.62 Å². The first kappa shape index (κ1) is 22.0. The molecule has 0 aliphatic carbocycles. The highest BCUT2D eigenvalue weighted by atomic mass is 32.2. The lowest BCUT2D eigenvalue weighted by atomic mass is 9.97. The highest BCUT2D eigenvalue weighted by molar-refractivity contribution is 7.92. The smallest absolute Gasteiger partial charge is 0.241 e. The van der Waals surface area contributed by atoms with Gasteiger partial charge in [-0.1, -0.05) is 48.9 Å². The van der Waals surface area contributed by atoms with Crippen molar-refractivity contribution in [2.45, 2.75) is 47.1 Å². The molecule has 152 valence electrons. The molecule has 2 aromatic carbocycles. The maximum absolute atomic E-state index is 12.8. The van der Waals surface area contributed by atoms with E-state index in [9.17, 15) is 13.2 Å². The molecule has 0 aliphatic heterocycles. The largest absolute Gasteiger partial charge is 0.348 e. The molecule has 0 unspecified atom stereocenters. The van der Waals surface area contributed by atoms with Gasteiger partial charge < -0.3 is 5.32 Å². The highest BCUT2D eigenvalue weighted by Gasteiger charge is 2.25. The lowest BCUT2D eigenvalue weighted by Gasteiger charge is -2.27. The van der Waals surface area contributed by atoms with E-state index in [1.807, 2.05) is 65.0 Å². The van der Waals surface area contributed by atoms with Crippen molar-refractivity contribution >= 4 is 21.6 Å². The van der Waals surface area contributed by atoms with Gasteiger partial charge in [-0.05, 0) is 56.4 Å². The molecule has 6 heteroatoms. The zero-order valence-corrected chi connectivity index (χ0v) is 18.4. The molecule has 2 aromatic rings. The number of anilines is 1. The molecule has 0 saturated heterocycles. The summed E-state index contributed by atoms with van der Waals surface area (Å²) in [6.45, 7) is 9.52. The van der Waals surface area contributed by atoms with Crippen molar-refractivity contribution in [3.05, 3.63) is 64.2 Å². The third-order valence-electron chi connectivity index (χ3n) is 4.92. The number of benzene rings is 2. The minimum absolute atomic E-state index is 0.160. The number of nitrogens with zero attached hydrogens (tertiary/aromatic N) is 1. The van der Waals surface area contributed by atoms with Crippen molar-refractivity contribution in [2.75, 3.05) is 17.1 Å². The maximum Gasteiger partial charge on any atom is 0.241 e. The Morgan fingerprint density at radius 1 is 1.04 bits per heavy atom. The van der Waals surface area contributed by atoms with Crippen molar-refractivity contribution in [1.82, 2.24) is 5.32 Å². The van der Waals surface area contributed by atoms with Gasteiger partial charge in [-0.15, -0.1) is 0 Å². The van der Waals surface area contributed by atoms with Crippen molar-refractivity contribution in [3.63, 3.8) is 0 Å². The van der Waals surface area contributed by atoms with Crippen LogP contribution in [0.5, 0.6) is 0 Å². The Morgan fingerprint density at radius 2 is 1.64 bits per heavy atom. The Labute approximate surface area is 168 Å². The minimum atomic E-state index is -3.61.